The third-order valence-electron chi connectivity index (χ3n) is 9.70. The molecule has 0 aliphatic heterocycles. The van der Waals surface area contributed by atoms with Gasteiger partial charge in [0.05, 0.1) is 9.79 Å². The molecule has 0 saturated carbocycles. The molecule has 0 saturated heterocycles. The van der Waals surface area contributed by atoms with Crippen molar-refractivity contribution in [3.63, 3.8) is 0 Å². The van der Waals surface area contributed by atoms with Crippen LogP contribution in [-0.2, 0) is 62.0 Å². The van der Waals surface area contributed by atoms with Crippen LogP contribution < -0.4 is 68.9 Å². The van der Waals surface area contributed by atoms with E-state index in [1.807, 2.05) is 24.3 Å². The first-order chi connectivity index (χ1) is 29.5. The van der Waals surface area contributed by atoms with Gasteiger partial charge in [0, 0.05) is 0 Å². The Hall–Kier alpha value is -1.88. The normalized spacial score (nSPS) is 11.7. The number of hydrogen-bond donors (Lipinski definition) is 0. The van der Waals surface area contributed by atoms with E-state index in [-0.39, 0.29) is 70.6 Å². The summed E-state index contributed by atoms with van der Waals surface area (Å²) in [5.41, 5.74) is 2.20. The summed E-state index contributed by atoms with van der Waals surface area (Å²) in [6, 6.07) is 22.4. The molecule has 0 fully saturated rings. The molecule has 4 aromatic carbocycles. The number of benzene rings is 4. The maximum Gasteiger partial charge on any atom is 1.00 e. The zero-order valence-corrected chi connectivity index (χ0v) is 44.6. The molecule has 20 heteroatoms. The van der Waals surface area contributed by atoms with Crippen LogP contribution in [0.5, 0.6) is 11.5 Å². The van der Waals surface area contributed by atoms with E-state index in [2.05, 4.69) is 22.5 Å². The van der Waals surface area contributed by atoms with Gasteiger partial charge in [0.15, 0.2) is 11.5 Å². The minimum atomic E-state index is -4.99. The van der Waals surface area contributed by atoms with E-state index in [1.165, 1.54) is 114 Å². The Bertz CT molecular complexity index is 2210. The Kier molecular flexibility index (Phi) is 29.3. The third kappa shape index (κ3) is 22.7. The van der Waals surface area contributed by atoms with Crippen molar-refractivity contribution >= 4 is 40.5 Å². The molecule has 0 aromatic heterocycles. The van der Waals surface area contributed by atoms with Gasteiger partial charge in [-0.2, -0.15) is 16.8 Å². The van der Waals surface area contributed by atoms with E-state index < -0.39 is 60.1 Å². The summed E-state index contributed by atoms with van der Waals surface area (Å²) in [7, 11) is -19.2. The average Bonchev–Trinajstić information content (AvgIpc) is 3.24. The summed E-state index contributed by atoms with van der Waals surface area (Å²) in [6.07, 6.45) is 21.7. The maximum atomic E-state index is 12.3. The summed E-state index contributed by atoms with van der Waals surface area (Å²) in [5, 5.41) is 0. The van der Waals surface area contributed by atoms with Gasteiger partial charge in [-0.05, 0) is 85.3 Å². The molecular formula is C44H58Na2O14S4. The fourth-order valence-electron chi connectivity index (χ4n) is 6.32. The van der Waals surface area contributed by atoms with Gasteiger partial charge in [-0.25, -0.2) is 16.8 Å². The smallest absolute Gasteiger partial charge is 0.744 e. The van der Waals surface area contributed by atoms with Crippen LogP contribution in [0.4, 0.5) is 0 Å². The van der Waals surface area contributed by atoms with Crippen LogP contribution in [0.25, 0.3) is 0 Å². The van der Waals surface area contributed by atoms with Crippen LogP contribution in [0.1, 0.15) is 128 Å². The van der Waals surface area contributed by atoms with Gasteiger partial charge >= 0.3 is 79.4 Å². The Labute approximate surface area is 425 Å². The largest absolute Gasteiger partial charge is 1.00 e. The quantitative estimate of drug-likeness (QED) is 0.0259. The molecule has 0 atom stereocenters. The molecule has 0 aliphatic carbocycles. The van der Waals surface area contributed by atoms with Crippen LogP contribution in [0.2, 0.25) is 0 Å². The van der Waals surface area contributed by atoms with Crippen LogP contribution in [0.3, 0.4) is 0 Å². The monoisotopic (exact) mass is 984 g/mol. The summed E-state index contributed by atoms with van der Waals surface area (Å²) >= 11 is 0. The summed E-state index contributed by atoms with van der Waals surface area (Å²) in [5.74, 6) is 0.288. The van der Waals surface area contributed by atoms with E-state index >= 15 is 0 Å². The molecule has 0 aliphatic rings. The van der Waals surface area contributed by atoms with Crippen molar-refractivity contribution in [2.45, 2.75) is 149 Å². The number of rotatable bonds is 28. The maximum absolute atomic E-state index is 12.3. The van der Waals surface area contributed by atoms with Crippen LogP contribution in [0, 0.1) is 0 Å². The number of aryl methyl sites for hydroxylation is 2. The molecule has 0 amide bonds. The topological polar surface area (TPSA) is 220 Å². The second kappa shape index (κ2) is 31.2. The predicted octanol–water partition coefficient (Wildman–Crippen LogP) is 3.95. The van der Waals surface area contributed by atoms with E-state index in [9.17, 15) is 42.8 Å². The van der Waals surface area contributed by atoms with Crippen molar-refractivity contribution in [1.82, 2.24) is 0 Å². The molecule has 0 radical (unpaired) electrons. The molecule has 0 N–H and O–H groups in total. The Morgan fingerprint density at radius 1 is 0.375 bits per heavy atom. The SMILES string of the molecule is CCCCCCCCCCc1ccc(OOS(=O)(=O)c2ccccc2S(=O)(=O)[O-])cc1.CCCCCCCCCCc1ccc(OOS(=O)(=O)c2ccccc2S(=O)(=O)[O-])cc1.[Na+].[Na+]. The Morgan fingerprint density at radius 2 is 0.641 bits per heavy atom. The zero-order chi connectivity index (χ0) is 45.5. The molecule has 4 rings (SSSR count). The van der Waals surface area contributed by atoms with E-state index in [1.54, 1.807) is 24.3 Å². The molecule has 0 heterocycles. The standard InChI is InChI=1S/2C22H30O7S2.2Na/c2*1-2-3-4-5-6-7-8-9-12-19-15-17-20(18-16-19)28-29-31(26,27)22-14-11-10-13-21(22)30(23,24)25;;/h2*10-11,13-18H,2-9,12H2,1H3,(H,23,24,25);;/q;;2*+1/p-2. The predicted molar refractivity (Wildman–Crippen MR) is 232 cm³/mol. The van der Waals surface area contributed by atoms with Crippen molar-refractivity contribution in [1.29, 1.82) is 0 Å². The van der Waals surface area contributed by atoms with Gasteiger partial charge < -0.3 is 18.9 Å². The summed E-state index contributed by atoms with van der Waals surface area (Å²) in [6.45, 7) is 4.42. The van der Waals surface area contributed by atoms with E-state index in [0.717, 1.165) is 61.1 Å². The molecule has 64 heavy (non-hydrogen) atoms. The van der Waals surface area contributed by atoms with Gasteiger partial charge in [-0.1, -0.05) is 161 Å². The zero-order valence-electron chi connectivity index (χ0n) is 37.3. The summed E-state index contributed by atoms with van der Waals surface area (Å²) < 4.78 is 126. The van der Waals surface area contributed by atoms with Gasteiger partial charge in [0.1, 0.15) is 30.0 Å². The summed E-state index contributed by atoms with van der Waals surface area (Å²) in [4.78, 5) is 6.39. The Morgan fingerprint density at radius 3 is 0.922 bits per heavy atom. The minimum absolute atomic E-state index is 0. The molecule has 0 unspecified atom stereocenters. The first-order valence-corrected chi connectivity index (χ1v) is 26.6. The molecule has 0 spiro atoms. The van der Waals surface area contributed by atoms with Gasteiger partial charge in [-0.3, -0.25) is 0 Å². The van der Waals surface area contributed by atoms with Gasteiger partial charge in [0.2, 0.25) is 0 Å². The first kappa shape index (κ1) is 60.1. The Balaban J connectivity index is 0.000000621. The van der Waals surface area contributed by atoms with Crippen molar-refractivity contribution in [3.05, 3.63) is 108 Å². The first-order valence-electron chi connectivity index (χ1n) is 21.0. The molecule has 344 valence electrons. The minimum Gasteiger partial charge on any atom is -0.744 e. The average molecular weight is 985 g/mol. The van der Waals surface area contributed by atoms with Crippen molar-refractivity contribution in [2.75, 3.05) is 0 Å². The van der Waals surface area contributed by atoms with Crippen molar-refractivity contribution in [3.8, 4) is 11.5 Å². The fourth-order valence-corrected chi connectivity index (χ4v) is 10.3. The molecular weight excluding hydrogens is 927 g/mol. The second-order valence-corrected chi connectivity index (χ2v) is 20.4. The number of hydrogen-bond acceptors (Lipinski definition) is 14. The number of unbranched alkanes of at least 4 members (excludes halogenated alkanes) is 14. The second-order valence-electron chi connectivity index (χ2n) is 14.8. The van der Waals surface area contributed by atoms with Crippen molar-refractivity contribution in [2.24, 2.45) is 0 Å². The van der Waals surface area contributed by atoms with E-state index in [0.29, 0.717) is 0 Å². The van der Waals surface area contributed by atoms with Gasteiger partial charge in [-0.15, -0.1) is 0 Å². The van der Waals surface area contributed by atoms with Crippen LogP contribution in [-0.4, -0.2) is 42.8 Å². The van der Waals surface area contributed by atoms with Crippen LogP contribution in [0.15, 0.2) is 117 Å². The molecule has 4 aromatic rings. The van der Waals surface area contributed by atoms with Gasteiger partial charge in [0.25, 0.3) is 0 Å². The van der Waals surface area contributed by atoms with E-state index in [4.69, 9.17) is 9.78 Å². The van der Waals surface area contributed by atoms with Crippen LogP contribution >= 0.6 is 0 Å². The third-order valence-corrected chi connectivity index (χ3v) is 14.0. The molecule has 0 bridgehead atoms. The van der Waals surface area contributed by atoms with Crippen molar-refractivity contribution < 1.29 is 120 Å². The fraction of sp³-hybridized carbons (Fsp3) is 0.455. The molecule has 14 nitrogen and oxygen atoms in total.